The standard InChI is InChI=1S/C21H20N10/c1-12-10-15(6-8-23-12)14-4-5-16-17(11-14)31(20-26-13(2)25-19(22-3)29-20)21(27-16)28-18-7-9-24-30-18/h4-11H,1-3H3,(H,22,25,26,29)(H2,24,27,28,30). The maximum atomic E-state index is 4.77. The zero-order chi connectivity index (χ0) is 21.4. The number of pyridine rings is 1. The third kappa shape index (κ3) is 3.54. The van der Waals surface area contributed by atoms with Crippen LogP contribution in [0.25, 0.3) is 28.1 Å². The summed E-state index contributed by atoms with van der Waals surface area (Å²) in [5.41, 5.74) is 4.75. The van der Waals surface area contributed by atoms with Gasteiger partial charge in [-0.25, -0.2) is 9.55 Å². The molecular formula is C21H20N10. The van der Waals surface area contributed by atoms with Crippen molar-refractivity contribution in [2.24, 2.45) is 0 Å². The highest BCUT2D eigenvalue weighted by molar-refractivity contribution is 5.86. The first-order valence-electron chi connectivity index (χ1n) is 9.73. The Morgan fingerprint density at radius 1 is 0.903 bits per heavy atom. The molecule has 0 spiro atoms. The number of hydrogen-bond donors (Lipinski definition) is 3. The average Bonchev–Trinajstić information content (AvgIpc) is 3.40. The van der Waals surface area contributed by atoms with Crippen LogP contribution in [-0.2, 0) is 0 Å². The summed E-state index contributed by atoms with van der Waals surface area (Å²) < 4.78 is 1.88. The number of nitrogens with one attached hydrogen (secondary N) is 3. The number of nitrogens with zero attached hydrogens (tertiary/aromatic N) is 7. The van der Waals surface area contributed by atoms with E-state index in [2.05, 4.69) is 52.9 Å². The van der Waals surface area contributed by atoms with Crippen LogP contribution in [0.1, 0.15) is 11.5 Å². The van der Waals surface area contributed by atoms with Crippen LogP contribution in [0, 0.1) is 13.8 Å². The summed E-state index contributed by atoms with van der Waals surface area (Å²) in [5.74, 6) is 2.82. The Morgan fingerprint density at radius 2 is 1.77 bits per heavy atom. The fourth-order valence-corrected chi connectivity index (χ4v) is 3.39. The molecule has 154 valence electrons. The summed E-state index contributed by atoms with van der Waals surface area (Å²) in [6.45, 7) is 3.81. The first kappa shape index (κ1) is 18.7. The largest absolute Gasteiger partial charge is 0.357 e. The number of anilines is 3. The zero-order valence-electron chi connectivity index (χ0n) is 17.2. The lowest BCUT2D eigenvalue weighted by molar-refractivity contribution is 0.887. The molecule has 0 saturated carbocycles. The van der Waals surface area contributed by atoms with Gasteiger partial charge in [0.05, 0.1) is 17.2 Å². The first-order chi connectivity index (χ1) is 15.1. The van der Waals surface area contributed by atoms with Crippen LogP contribution in [0.3, 0.4) is 0 Å². The van der Waals surface area contributed by atoms with Crippen molar-refractivity contribution in [3.8, 4) is 17.1 Å². The fraction of sp³-hybridized carbons (Fsp3) is 0.143. The van der Waals surface area contributed by atoms with Gasteiger partial charge in [-0.3, -0.25) is 10.1 Å². The summed E-state index contributed by atoms with van der Waals surface area (Å²) >= 11 is 0. The second-order valence-electron chi connectivity index (χ2n) is 7.01. The van der Waals surface area contributed by atoms with E-state index in [1.54, 1.807) is 13.2 Å². The fourth-order valence-electron chi connectivity index (χ4n) is 3.39. The Kier molecular flexibility index (Phi) is 4.51. The molecule has 0 fully saturated rings. The van der Waals surface area contributed by atoms with Gasteiger partial charge < -0.3 is 10.6 Å². The van der Waals surface area contributed by atoms with E-state index in [4.69, 9.17) is 4.98 Å². The van der Waals surface area contributed by atoms with Crippen LogP contribution >= 0.6 is 0 Å². The van der Waals surface area contributed by atoms with E-state index < -0.39 is 0 Å². The van der Waals surface area contributed by atoms with Crippen molar-refractivity contribution in [3.63, 3.8) is 0 Å². The van der Waals surface area contributed by atoms with Crippen molar-refractivity contribution in [2.75, 3.05) is 17.7 Å². The SMILES string of the molecule is CNc1nc(C)nc(-n2c(Nc3ccn[nH]3)nc3ccc(-c4ccnc(C)c4)cc32)n1. The second-order valence-corrected chi connectivity index (χ2v) is 7.01. The number of rotatable bonds is 5. The molecule has 0 saturated heterocycles. The molecular weight excluding hydrogens is 392 g/mol. The maximum absolute atomic E-state index is 4.77. The molecule has 0 bridgehead atoms. The van der Waals surface area contributed by atoms with Crippen molar-refractivity contribution in [3.05, 3.63) is 60.3 Å². The highest BCUT2D eigenvalue weighted by Crippen LogP contribution is 2.29. The molecule has 4 heterocycles. The molecule has 0 aliphatic carbocycles. The Hall–Kier alpha value is -4.34. The third-order valence-electron chi connectivity index (χ3n) is 4.79. The van der Waals surface area contributed by atoms with Crippen molar-refractivity contribution in [2.45, 2.75) is 13.8 Å². The van der Waals surface area contributed by atoms with Gasteiger partial charge in [0.25, 0.3) is 0 Å². The van der Waals surface area contributed by atoms with E-state index in [-0.39, 0.29) is 0 Å². The molecule has 3 N–H and O–H groups in total. The van der Waals surface area contributed by atoms with Crippen LogP contribution in [-0.4, -0.2) is 46.7 Å². The molecule has 0 aliphatic rings. The topological polar surface area (TPSA) is 122 Å². The van der Waals surface area contributed by atoms with Crippen LogP contribution < -0.4 is 10.6 Å². The van der Waals surface area contributed by atoms with Gasteiger partial charge in [-0.15, -0.1) is 0 Å². The maximum Gasteiger partial charge on any atom is 0.242 e. The monoisotopic (exact) mass is 412 g/mol. The molecule has 10 nitrogen and oxygen atoms in total. The van der Waals surface area contributed by atoms with E-state index >= 15 is 0 Å². The van der Waals surface area contributed by atoms with Crippen molar-refractivity contribution in [1.82, 2.24) is 39.7 Å². The van der Waals surface area contributed by atoms with Crippen LogP contribution in [0.4, 0.5) is 17.7 Å². The van der Waals surface area contributed by atoms with Crippen LogP contribution in [0.5, 0.6) is 0 Å². The van der Waals surface area contributed by atoms with E-state index in [1.165, 1.54) is 0 Å². The highest BCUT2D eigenvalue weighted by Gasteiger charge is 2.17. The molecule has 0 atom stereocenters. The minimum absolute atomic E-state index is 0.462. The molecule has 5 aromatic rings. The number of benzene rings is 1. The van der Waals surface area contributed by atoms with Gasteiger partial charge in [-0.1, -0.05) is 6.07 Å². The quantitative estimate of drug-likeness (QED) is 0.401. The molecule has 0 unspecified atom stereocenters. The molecule has 4 aromatic heterocycles. The molecule has 10 heteroatoms. The molecule has 1 aromatic carbocycles. The smallest absolute Gasteiger partial charge is 0.242 e. The predicted molar refractivity (Wildman–Crippen MR) is 119 cm³/mol. The average molecular weight is 412 g/mol. The van der Waals surface area contributed by atoms with Gasteiger partial charge in [-0.05, 0) is 49.2 Å². The van der Waals surface area contributed by atoms with Gasteiger partial charge in [0.15, 0.2) is 0 Å². The Morgan fingerprint density at radius 3 is 2.55 bits per heavy atom. The Balaban J connectivity index is 1.74. The molecule has 0 aliphatic heterocycles. The number of imidazole rings is 1. The number of hydrogen-bond acceptors (Lipinski definition) is 8. The van der Waals surface area contributed by atoms with Crippen molar-refractivity contribution in [1.29, 1.82) is 0 Å². The Labute approximate surface area is 177 Å². The summed E-state index contributed by atoms with van der Waals surface area (Å²) in [7, 11) is 1.78. The first-order valence-corrected chi connectivity index (χ1v) is 9.73. The second kappa shape index (κ2) is 7.48. The minimum Gasteiger partial charge on any atom is -0.357 e. The zero-order valence-corrected chi connectivity index (χ0v) is 17.2. The lowest BCUT2D eigenvalue weighted by atomic mass is 10.1. The lowest BCUT2D eigenvalue weighted by Gasteiger charge is -2.10. The van der Waals surface area contributed by atoms with E-state index in [1.807, 2.05) is 48.9 Å². The van der Waals surface area contributed by atoms with Gasteiger partial charge in [0.2, 0.25) is 17.8 Å². The molecule has 0 radical (unpaired) electrons. The van der Waals surface area contributed by atoms with Gasteiger partial charge in [0.1, 0.15) is 11.6 Å². The minimum atomic E-state index is 0.462. The number of fused-ring (bicyclic) bond motifs is 1. The third-order valence-corrected chi connectivity index (χ3v) is 4.79. The van der Waals surface area contributed by atoms with Gasteiger partial charge >= 0.3 is 0 Å². The number of H-pyrrole nitrogens is 1. The van der Waals surface area contributed by atoms with E-state index in [0.29, 0.717) is 29.5 Å². The van der Waals surface area contributed by atoms with Crippen LogP contribution in [0.15, 0.2) is 48.8 Å². The molecule has 5 rings (SSSR count). The molecule has 31 heavy (non-hydrogen) atoms. The number of aromatic amines is 1. The number of aromatic nitrogens is 8. The molecule has 0 amide bonds. The summed E-state index contributed by atoms with van der Waals surface area (Å²) in [6.07, 6.45) is 3.48. The number of aryl methyl sites for hydroxylation is 2. The normalized spacial score (nSPS) is 11.1. The summed E-state index contributed by atoms with van der Waals surface area (Å²) in [6, 6.07) is 12.0. The highest BCUT2D eigenvalue weighted by atomic mass is 15.3. The summed E-state index contributed by atoms with van der Waals surface area (Å²) in [5, 5.41) is 13.2. The van der Waals surface area contributed by atoms with Crippen LogP contribution in [0.2, 0.25) is 0 Å². The Bertz CT molecular complexity index is 1370. The van der Waals surface area contributed by atoms with E-state index in [9.17, 15) is 0 Å². The van der Waals surface area contributed by atoms with Crippen molar-refractivity contribution >= 4 is 28.7 Å². The summed E-state index contributed by atoms with van der Waals surface area (Å²) in [4.78, 5) is 22.5. The van der Waals surface area contributed by atoms with E-state index in [0.717, 1.165) is 27.9 Å². The predicted octanol–water partition coefficient (Wildman–Crippen LogP) is 3.40. The van der Waals surface area contributed by atoms with Crippen molar-refractivity contribution < 1.29 is 0 Å². The lowest BCUT2D eigenvalue weighted by Crippen LogP contribution is -2.10. The van der Waals surface area contributed by atoms with Gasteiger partial charge in [0, 0.05) is 25.0 Å². The van der Waals surface area contributed by atoms with Gasteiger partial charge in [-0.2, -0.15) is 20.1 Å².